The molecule has 0 aliphatic rings. The van der Waals surface area contributed by atoms with Gasteiger partial charge in [-0.05, 0) is 41.9 Å². The van der Waals surface area contributed by atoms with Gasteiger partial charge in [0.15, 0.2) is 0 Å². The standard InChI is InChI=1S/C11H13BrN2OS/c1-11(2,7-13)10(15)14(3)6-8-4-5-9(12)16-8/h4-5H,6H2,1-3H3. The monoisotopic (exact) mass is 300 g/mol. The van der Waals surface area contributed by atoms with Gasteiger partial charge in [0.05, 0.1) is 16.4 Å². The van der Waals surface area contributed by atoms with Crippen LogP contribution in [0.2, 0.25) is 0 Å². The Morgan fingerprint density at radius 3 is 2.69 bits per heavy atom. The van der Waals surface area contributed by atoms with Gasteiger partial charge < -0.3 is 4.90 Å². The average molecular weight is 301 g/mol. The van der Waals surface area contributed by atoms with E-state index in [0.717, 1.165) is 8.66 Å². The number of amides is 1. The maximum Gasteiger partial charge on any atom is 0.242 e. The third-order valence-electron chi connectivity index (χ3n) is 2.18. The van der Waals surface area contributed by atoms with Crippen LogP contribution >= 0.6 is 27.3 Å². The van der Waals surface area contributed by atoms with Crippen molar-refractivity contribution in [2.75, 3.05) is 7.05 Å². The lowest BCUT2D eigenvalue weighted by atomic mass is 9.94. The van der Waals surface area contributed by atoms with Gasteiger partial charge in [-0.1, -0.05) is 0 Å². The van der Waals surface area contributed by atoms with Crippen molar-refractivity contribution in [2.45, 2.75) is 20.4 Å². The summed E-state index contributed by atoms with van der Waals surface area (Å²) in [7, 11) is 1.72. The fourth-order valence-corrected chi connectivity index (χ4v) is 2.80. The molecule has 5 heteroatoms. The molecule has 0 N–H and O–H groups in total. The minimum absolute atomic E-state index is 0.153. The smallest absolute Gasteiger partial charge is 0.242 e. The summed E-state index contributed by atoms with van der Waals surface area (Å²) in [6, 6.07) is 5.94. The molecule has 3 nitrogen and oxygen atoms in total. The first-order valence-electron chi connectivity index (χ1n) is 4.78. The fraction of sp³-hybridized carbons (Fsp3) is 0.455. The van der Waals surface area contributed by atoms with Crippen LogP contribution in [0.5, 0.6) is 0 Å². The fourth-order valence-electron chi connectivity index (χ4n) is 1.27. The van der Waals surface area contributed by atoms with Gasteiger partial charge in [0.25, 0.3) is 0 Å². The molecule has 0 aliphatic carbocycles. The molecule has 0 atom stereocenters. The summed E-state index contributed by atoms with van der Waals surface area (Å²) in [5.74, 6) is -0.153. The van der Waals surface area contributed by atoms with Gasteiger partial charge in [0.1, 0.15) is 5.41 Å². The Labute approximate surface area is 108 Å². The summed E-state index contributed by atoms with van der Waals surface area (Å²) in [5, 5.41) is 8.88. The number of nitriles is 1. The van der Waals surface area contributed by atoms with Crippen LogP contribution in [-0.4, -0.2) is 17.9 Å². The van der Waals surface area contributed by atoms with Gasteiger partial charge in [-0.3, -0.25) is 4.79 Å². The maximum absolute atomic E-state index is 11.9. The molecule has 1 amide bonds. The lowest BCUT2D eigenvalue weighted by Crippen LogP contribution is -2.36. The molecule has 0 aromatic carbocycles. The number of hydrogen-bond donors (Lipinski definition) is 0. The zero-order chi connectivity index (χ0) is 12.3. The zero-order valence-corrected chi connectivity index (χ0v) is 11.9. The molecule has 0 unspecified atom stereocenters. The lowest BCUT2D eigenvalue weighted by molar-refractivity contribution is -0.136. The Bertz CT molecular complexity index is 433. The van der Waals surface area contributed by atoms with E-state index in [9.17, 15) is 4.79 Å². The molecule has 0 aliphatic heterocycles. The van der Waals surface area contributed by atoms with Gasteiger partial charge in [-0.2, -0.15) is 5.26 Å². The first-order valence-corrected chi connectivity index (χ1v) is 6.39. The predicted octanol–water partition coefficient (Wildman–Crippen LogP) is 3.02. The second-order valence-electron chi connectivity index (χ2n) is 4.10. The van der Waals surface area contributed by atoms with Crippen LogP contribution in [-0.2, 0) is 11.3 Å². The van der Waals surface area contributed by atoms with Crippen LogP contribution < -0.4 is 0 Å². The number of rotatable bonds is 3. The van der Waals surface area contributed by atoms with E-state index in [-0.39, 0.29) is 5.91 Å². The van der Waals surface area contributed by atoms with Crippen molar-refractivity contribution in [3.8, 4) is 6.07 Å². The molecule has 1 aromatic rings. The molecule has 1 heterocycles. The quantitative estimate of drug-likeness (QED) is 0.861. The Morgan fingerprint density at radius 1 is 1.62 bits per heavy atom. The van der Waals surface area contributed by atoms with E-state index in [1.54, 1.807) is 37.1 Å². The van der Waals surface area contributed by atoms with Crippen LogP contribution in [0.25, 0.3) is 0 Å². The van der Waals surface area contributed by atoms with Crippen molar-refractivity contribution in [1.82, 2.24) is 4.90 Å². The highest BCUT2D eigenvalue weighted by Gasteiger charge is 2.30. The van der Waals surface area contributed by atoms with Crippen LogP contribution in [0.3, 0.4) is 0 Å². The molecular formula is C11H13BrN2OS. The second-order valence-corrected chi connectivity index (χ2v) is 6.65. The first-order chi connectivity index (χ1) is 7.36. The summed E-state index contributed by atoms with van der Waals surface area (Å²) >= 11 is 4.97. The largest absolute Gasteiger partial charge is 0.339 e. The molecule has 0 bridgehead atoms. The number of carbonyl (C=O) groups is 1. The Morgan fingerprint density at radius 2 is 2.25 bits per heavy atom. The van der Waals surface area contributed by atoms with E-state index >= 15 is 0 Å². The molecule has 0 radical (unpaired) electrons. The molecule has 0 spiro atoms. The summed E-state index contributed by atoms with van der Waals surface area (Å²) in [6.45, 7) is 3.81. The minimum Gasteiger partial charge on any atom is -0.339 e. The van der Waals surface area contributed by atoms with Crippen molar-refractivity contribution in [3.05, 3.63) is 20.8 Å². The lowest BCUT2D eigenvalue weighted by Gasteiger charge is -2.23. The zero-order valence-electron chi connectivity index (χ0n) is 9.45. The average Bonchev–Trinajstić information content (AvgIpc) is 2.62. The normalized spacial score (nSPS) is 10.9. The van der Waals surface area contributed by atoms with E-state index in [4.69, 9.17) is 5.26 Å². The number of nitrogens with zero attached hydrogens (tertiary/aromatic N) is 2. The second kappa shape index (κ2) is 4.98. The summed E-state index contributed by atoms with van der Waals surface area (Å²) in [6.07, 6.45) is 0. The molecule has 86 valence electrons. The Hall–Kier alpha value is -0.860. The summed E-state index contributed by atoms with van der Waals surface area (Å²) in [5.41, 5.74) is -0.955. The van der Waals surface area contributed by atoms with Crippen molar-refractivity contribution in [3.63, 3.8) is 0 Å². The third-order valence-corrected chi connectivity index (χ3v) is 3.79. The Kier molecular flexibility index (Phi) is 4.11. The van der Waals surface area contributed by atoms with E-state index < -0.39 is 5.41 Å². The molecule has 0 saturated carbocycles. The van der Waals surface area contributed by atoms with Gasteiger partial charge >= 0.3 is 0 Å². The molecule has 0 fully saturated rings. The number of hydrogen-bond acceptors (Lipinski definition) is 3. The highest BCUT2D eigenvalue weighted by atomic mass is 79.9. The SMILES string of the molecule is CN(Cc1ccc(Br)s1)C(=O)C(C)(C)C#N. The molecule has 0 saturated heterocycles. The van der Waals surface area contributed by atoms with E-state index in [2.05, 4.69) is 15.9 Å². The van der Waals surface area contributed by atoms with Crippen molar-refractivity contribution < 1.29 is 4.79 Å². The third kappa shape index (κ3) is 3.06. The predicted molar refractivity (Wildman–Crippen MR) is 67.9 cm³/mol. The van der Waals surface area contributed by atoms with E-state index in [1.165, 1.54) is 0 Å². The van der Waals surface area contributed by atoms with Gasteiger partial charge in [-0.25, -0.2) is 0 Å². The van der Waals surface area contributed by atoms with Crippen molar-refractivity contribution in [1.29, 1.82) is 5.26 Å². The minimum atomic E-state index is -0.955. The van der Waals surface area contributed by atoms with Gasteiger partial charge in [-0.15, -0.1) is 11.3 Å². The summed E-state index contributed by atoms with van der Waals surface area (Å²) in [4.78, 5) is 14.6. The van der Waals surface area contributed by atoms with Crippen molar-refractivity contribution >= 4 is 33.2 Å². The molecule has 16 heavy (non-hydrogen) atoms. The number of thiophene rings is 1. The molecule has 1 rings (SSSR count). The highest BCUT2D eigenvalue weighted by Crippen LogP contribution is 2.24. The van der Waals surface area contributed by atoms with Gasteiger partial charge in [0.2, 0.25) is 5.91 Å². The van der Waals surface area contributed by atoms with Crippen LogP contribution in [0, 0.1) is 16.7 Å². The van der Waals surface area contributed by atoms with Gasteiger partial charge in [0, 0.05) is 11.9 Å². The summed E-state index contributed by atoms with van der Waals surface area (Å²) < 4.78 is 1.04. The topological polar surface area (TPSA) is 44.1 Å². The highest BCUT2D eigenvalue weighted by molar-refractivity contribution is 9.11. The Balaban J connectivity index is 2.70. The first kappa shape index (κ1) is 13.2. The van der Waals surface area contributed by atoms with Crippen LogP contribution in [0.1, 0.15) is 18.7 Å². The van der Waals surface area contributed by atoms with E-state index in [0.29, 0.717) is 6.54 Å². The number of halogens is 1. The maximum atomic E-state index is 11.9. The molecular weight excluding hydrogens is 288 g/mol. The van der Waals surface area contributed by atoms with E-state index in [1.807, 2.05) is 18.2 Å². The van der Waals surface area contributed by atoms with Crippen LogP contribution in [0.15, 0.2) is 15.9 Å². The van der Waals surface area contributed by atoms with Crippen LogP contribution in [0.4, 0.5) is 0 Å². The molecule has 1 aromatic heterocycles. The van der Waals surface area contributed by atoms with Crippen molar-refractivity contribution in [2.24, 2.45) is 5.41 Å². The number of carbonyl (C=O) groups excluding carboxylic acids is 1.